The topological polar surface area (TPSA) is 80.4 Å². The second-order valence-corrected chi connectivity index (χ2v) is 7.09. The number of hydrogen-bond donors (Lipinski definition) is 2. The lowest BCUT2D eigenvalue weighted by Gasteiger charge is -2.07. The van der Waals surface area contributed by atoms with Crippen molar-refractivity contribution in [3.63, 3.8) is 0 Å². The molecule has 0 spiro atoms. The third kappa shape index (κ3) is 1.94. The minimum atomic E-state index is -3.36. The number of aliphatic hydroxyl groups is 1. The molecular formula is C12H16FNO3S. The van der Waals surface area contributed by atoms with Crippen LogP contribution in [0.25, 0.3) is 0 Å². The molecule has 0 amide bonds. The molecule has 0 bridgehead atoms. The first kappa shape index (κ1) is 13.5. The molecule has 18 heavy (non-hydrogen) atoms. The Bertz CT molecular complexity index is 560. The van der Waals surface area contributed by atoms with Crippen LogP contribution in [0.15, 0.2) is 24.3 Å². The van der Waals surface area contributed by atoms with Crippen molar-refractivity contribution in [1.82, 2.24) is 0 Å². The van der Waals surface area contributed by atoms with Gasteiger partial charge in [0.25, 0.3) is 0 Å². The fraction of sp³-hybridized carbons (Fsp3) is 0.500. The number of sulfone groups is 1. The van der Waals surface area contributed by atoms with Gasteiger partial charge in [0.2, 0.25) is 0 Å². The van der Waals surface area contributed by atoms with Gasteiger partial charge in [-0.3, -0.25) is 0 Å². The summed E-state index contributed by atoms with van der Waals surface area (Å²) in [6, 6.07) is 5.70. The highest BCUT2D eigenvalue weighted by Crippen LogP contribution is 2.54. The Morgan fingerprint density at radius 2 is 2.17 bits per heavy atom. The summed E-state index contributed by atoms with van der Waals surface area (Å²) in [7, 11) is -3.36. The molecule has 1 fully saturated rings. The average Bonchev–Trinajstić information content (AvgIpc) is 2.98. The Labute approximate surface area is 106 Å². The minimum Gasteiger partial charge on any atom is -0.394 e. The zero-order chi connectivity index (χ0) is 13.6. The van der Waals surface area contributed by atoms with E-state index in [0.717, 1.165) is 0 Å². The lowest BCUT2D eigenvalue weighted by Crippen LogP contribution is -2.35. The van der Waals surface area contributed by atoms with Crippen molar-refractivity contribution in [2.75, 3.05) is 12.4 Å². The summed E-state index contributed by atoms with van der Waals surface area (Å²) < 4.78 is 37.0. The van der Waals surface area contributed by atoms with Crippen molar-refractivity contribution < 1.29 is 17.9 Å². The number of aliphatic hydroxyl groups excluding tert-OH is 1. The van der Waals surface area contributed by atoms with E-state index in [1.807, 2.05) is 0 Å². The Morgan fingerprint density at radius 1 is 1.50 bits per heavy atom. The summed E-state index contributed by atoms with van der Waals surface area (Å²) in [6.07, 6.45) is 0. The lowest BCUT2D eigenvalue weighted by atomic mass is 10.1. The van der Waals surface area contributed by atoms with E-state index in [2.05, 4.69) is 0 Å². The Balaban J connectivity index is 2.40. The highest BCUT2D eigenvalue weighted by molar-refractivity contribution is 7.92. The molecule has 4 nitrogen and oxygen atoms in total. The molecule has 1 aliphatic carbocycles. The summed E-state index contributed by atoms with van der Waals surface area (Å²) in [5.74, 6) is -1.02. The highest BCUT2D eigenvalue weighted by atomic mass is 32.2. The Hall–Kier alpha value is -0.980. The fourth-order valence-electron chi connectivity index (χ4n) is 2.52. The number of hydrogen-bond acceptors (Lipinski definition) is 4. The van der Waals surface area contributed by atoms with Gasteiger partial charge in [0.15, 0.2) is 9.84 Å². The second-order valence-electron chi connectivity index (χ2n) is 4.68. The SMILES string of the molecule is CCS(=O)(=O)[C@H]1[C@@H](c2cccc(F)c2)[C@@]1(N)CO. The van der Waals surface area contributed by atoms with Gasteiger partial charge in [-0.1, -0.05) is 19.1 Å². The normalized spacial score (nSPS) is 31.3. The molecule has 0 saturated heterocycles. The number of rotatable bonds is 4. The monoisotopic (exact) mass is 273 g/mol. The van der Waals surface area contributed by atoms with E-state index in [0.29, 0.717) is 5.56 Å². The molecule has 1 aromatic rings. The standard InChI is InChI=1S/C12H16FNO3S/c1-2-18(16,17)11-10(12(11,14)7-15)8-4-3-5-9(13)6-8/h3-6,10-11,15H,2,7,14H2,1H3/t10-,11+,12+/m1/s1. The fourth-order valence-corrected chi connectivity index (χ4v) is 4.51. The number of halogens is 1. The maximum absolute atomic E-state index is 13.2. The molecule has 2 rings (SSSR count). The smallest absolute Gasteiger partial charge is 0.155 e. The molecule has 6 heteroatoms. The van der Waals surface area contributed by atoms with Crippen LogP contribution in [0.1, 0.15) is 18.4 Å². The van der Waals surface area contributed by atoms with Gasteiger partial charge in [-0.05, 0) is 17.7 Å². The molecule has 3 N–H and O–H groups in total. The highest BCUT2D eigenvalue weighted by Gasteiger charge is 2.68. The maximum atomic E-state index is 13.2. The van der Waals surface area contributed by atoms with E-state index < -0.39 is 39.0 Å². The van der Waals surface area contributed by atoms with Crippen LogP contribution in [0.2, 0.25) is 0 Å². The second kappa shape index (κ2) is 4.29. The van der Waals surface area contributed by atoms with Gasteiger partial charge in [-0.2, -0.15) is 0 Å². The van der Waals surface area contributed by atoms with E-state index in [1.165, 1.54) is 25.1 Å². The molecule has 3 atom stereocenters. The molecule has 0 aromatic heterocycles. The molecule has 1 saturated carbocycles. The largest absolute Gasteiger partial charge is 0.394 e. The number of benzene rings is 1. The van der Waals surface area contributed by atoms with E-state index in [9.17, 15) is 17.9 Å². The average molecular weight is 273 g/mol. The third-order valence-corrected chi connectivity index (χ3v) is 5.86. The number of nitrogens with two attached hydrogens (primary N) is 1. The van der Waals surface area contributed by atoms with Crippen molar-refractivity contribution in [2.45, 2.75) is 23.6 Å². The van der Waals surface area contributed by atoms with Crippen LogP contribution in [-0.4, -0.2) is 36.7 Å². The van der Waals surface area contributed by atoms with Gasteiger partial charge >= 0.3 is 0 Å². The van der Waals surface area contributed by atoms with Gasteiger partial charge in [-0.25, -0.2) is 12.8 Å². The molecule has 1 aromatic carbocycles. The zero-order valence-electron chi connectivity index (χ0n) is 10.0. The van der Waals surface area contributed by atoms with Crippen LogP contribution >= 0.6 is 0 Å². The van der Waals surface area contributed by atoms with Crippen LogP contribution in [0.4, 0.5) is 4.39 Å². The van der Waals surface area contributed by atoms with Gasteiger partial charge in [0, 0.05) is 11.7 Å². The van der Waals surface area contributed by atoms with E-state index in [1.54, 1.807) is 6.07 Å². The summed E-state index contributed by atoms with van der Waals surface area (Å²) in [5, 5.41) is 8.48. The molecular weight excluding hydrogens is 257 g/mol. The van der Waals surface area contributed by atoms with Crippen LogP contribution in [0.5, 0.6) is 0 Å². The lowest BCUT2D eigenvalue weighted by molar-refractivity contribution is 0.253. The third-order valence-electron chi connectivity index (χ3n) is 3.57. The van der Waals surface area contributed by atoms with Gasteiger partial charge in [0.1, 0.15) is 5.82 Å². The molecule has 0 heterocycles. The van der Waals surface area contributed by atoms with E-state index in [-0.39, 0.29) is 5.75 Å². The zero-order valence-corrected chi connectivity index (χ0v) is 10.8. The van der Waals surface area contributed by atoms with Gasteiger partial charge < -0.3 is 10.8 Å². The van der Waals surface area contributed by atoms with E-state index in [4.69, 9.17) is 5.73 Å². The van der Waals surface area contributed by atoms with Crippen molar-refractivity contribution >= 4 is 9.84 Å². The summed E-state index contributed by atoms with van der Waals surface area (Å²) >= 11 is 0. The van der Waals surface area contributed by atoms with Crippen molar-refractivity contribution in [3.8, 4) is 0 Å². The Morgan fingerprint density at radius 3 is 2.67 bits per heavy atom. The van der Waals surface area contributed by atoms with Crippen molar-refractivity contribution in [3.05, 3.63) is 35.6 Å². The summed E-state index contributed by atoms with van der Waals surface area (Å²) in [6.45, 7) is 1.10. The van der Waals surface area contributed by atoms with Gasteiger partial charge in [0.05, 0.1) is 17.4 Å². The maximum Gasteiger partial charge on any atom is 0.155 e. The van der Waals surface area contributed by atoms with Crippen LogP contribution in [0, 0.1) is 5.82 Å². The molecule has 1 aliphatic rings. The van der Waals surface area contributed by atoms with Crippen LogP contribution < -0.4 is 5.73 Å². The van der Waals surface area contributed by atoms with Crippen molar-refractivity contribution in [1.29, 1.82) is 0 Å². The first-order chi connectivity index (χ1) is 8.36. The predicted octanol–water partition coefficient (Wildman–Crippen LogP) is 0.416. The molecule has 100 valence electrons. The Kier molecular flexibility index (Phi) is 3.21. The van der Waals surface area contributed by atoms with Crippen LogP contribution in [-0.2, 0) is 9.84 Å². The summed E-state index contributed by atoms with van der Waals surface area (Å²) in [4.78, 5) is 0. The molecule has 0 aliphatic heterocycles. The molecule has 0 unspecified atom stereocenters. The quantitative estimate of drug-likeness (QED) is 0.833. The predicted molar refractivity (Wildman–Crippen MR) is 66.4 cm³/mol. The van der Waals surface area contributed by atoms with Crippen molar-refractivity contribution in [2.24, 2.45) is 5.73 Å². The van der Waals surface area contributed by atoms with Crippen LogP contribution in [0.3, 0.4) is 0 Å². The first-order valence-electron chi connectivity index (χ1n) is 5.73. The molecule has 0 radical (unpaired) electrons. The summed E-state index contributed by atoms with van der Waals surface area (Å²) in [5.41, 5.74) is 5.26. The first-order valence-corrected chi connectivity index (χ1v) is 7.45. The van der Waals surface area contributed by atoms with Gasteiger partial charge in [-0.15, -0.1) is 0 Å². The minimum absolute atomic E-state index is 0.0393. The van der Waals surface area contributed by atoms with E-state index >= 15 is 0 Å².